The van der Waals surface area contributed by atoms with Gasteiger partial charge in [-0.2, -0.15) is 0 Å². The largest absolute Gasteiger partial charge is 0.361 e. The Kier molecular flexibility index (Phi) is 4.78. The van der Waals surface area contributed by atoms with E-state index in [0.717, 1.165) is 24.8 Å². The molecular formula is C21H22N4O2. The first kappa shape index (κ1) is 17.1. The Hall–Kier alpha value is -3.28. The van der Waals surface area contributed by atoms with Crippen molar-refractivity contribution in [2.24, 2.45) is 0 Å². The van der Waals surface area contributed by atoms with Crippen LogP contribution in [0.3, 0.4) is 0 Å². The molecule has 1 heterocycles. The van der Waals surface area contributed by atoms with Gasteiger partial charge in [0, 0.05) is 35.6 Å². The van der Waals surface area contributed by atoms with Crippen molar-refractivity contribution < 1.29 is 9.59 Å². The van der Waals surface area contributed by atoms with Crippen LogP contribution in [0.4, 0.5) is 10.5 Å². The summed E-state index contributed by atoms with van der Waals surface area (Å²) in [6.07, 6.45) is 4.80. The Bertz CT molecular complexity index is 958. The van der Waals surface area contributed by atoms with Gasteiger partial charge in [0.15, 0.2) is 0 Å². The predicted octanol–water partition coefficient (Wildman–Crippen LogP) is 3.42. The Labute approximate surface area is 157 Å². The average molecular weight is 362 g/mol. The molecule has 1 fully saturated rings. The summed E-state index contributed by atoms with van der Waals surface area (Å²) in [6.45, 7) is 0.545. The third kappa shape index (κ3) is 4.47. The molecule has 0 unspecified atom stereocenters. The van der Waals surface area contributed by atoms with Crippen molar-refractivity contribution in [3.63, 3.8) is 0 Å². The number of aromatic nitrogens is 1. The minimum atomic E-state index is -0.257. The number of carbonyl (C=O) groups is 2. The van der Waals surface area contributed by atoms with Gasteiger partial charge in [0.2, 0.25) is 0 Å². The molecule has 27 heavy (non-hydrogen) atoms. The number of aromatic amines is 1. The number of fused-ring (bicyclic) bond motifs is 1. The summed E-state index contributed by atoms with van der Waals surface area (Å²) < 4.78 is 0. The molecule has 1 aliphatic carbocycles. The summed E-state index contributed by atoms with van der Waals surface area (Å²) in [4.78, 5) is 27.2. The number of rotatable bonds is 6. The van der Waals surface area contributed by atoms with E-state index >= 15 is 0 Å². The first-order valence-electron chi connectivity index (χ1n) is 9.19. The Morgan fingerprint density at radius 2 is 1.85 bits per heavy atom. The highest BCUT2D eigenvalue weighted by molar-refractivity contribution is 5.95. The van der Waals surface area contributed by atoms with Crippen LogP contribution in [0.15, 0.2) is 54.7 Å². The molecule has 1 saturated carbocycles. The van der Waals surface area contributed by atoms with Gasteiger partial charge in [0.1, 0.15) is 0 Å². The van der Waals surface area contributed by atoms with Gasteiger partial charge < -0.3 is 20.9 Å². The summed E-state index contributed by atoms with van der Waals surface area (Å²) in [7, 11) is 0. The van der Waals surface area contributed by atoms with E-state index in [-0.39, 0.29) is 11.9 Å². The second-order valence-corrected chi connectivity index (χ2v) is 6.86. The fourth-order valence-corrected chi connectivity index (χ4v) is 2.96. The van der Waals surface area contributed by atoms with Crippen LogP contribution in [-0.2, 0) is 6.42 Å². The monoisotopic (exact) mass is 362 g/mol. The standard InChI is InChI=1S/C21H22N4O2/c26-20(24-17-6-7-17)15-2-4-18(5-3-15)25-21(27)23-11-9-14-1-8-19-16(13-14)10-12-22-19/h1-5,8,10,12-13,17,22H,6-7,9,11H2,(H,24,26)(H2,23,25,27). The van der Waals surface area contributed by atoms with E-state index in [1.807, 2.05) is 18.3 Å². The summed E-state index contributed by atoms with van der Waals surface area (Å²) in [5.41, 5.74) is 3.55. The molecule has 1 aromatic heterocycles. The number of H-pyrrole nitrogens is 1. The van der Waals surface area contributed by atoms with E-state index in [0.29, 0.717) is 23.8 Å². The number of anilines is 1. The van der Waals surface area contributed by atoms with Gasteiger partial charge >= 0.3 is 6.03 Å². The molecule has 4 N–H and O–H groups in total. The van der Waals surface area contributed by atoms with Gasteiger partial charge in [0.05, 0.1) is 0 Å². The maximum absolute atomic E-state index is 12.0. The van der Waals surface area contributed by atoms with Crippen molar-refractivity contribution in [2.75, 3.05) is 11.9 Å². The lowest BCUT2D eigenvalue weighted by Gasteiger charge is -2.09. The van der Waals surface area contributed by atoms with Crippen LogP contribution in [0, 0.1) is 0 Å². The molecule has 4 rings (SSSR count). The molecular weight excluding hydrogens is 340 g/mol. The van der Waals surface area contributed by atoms with E-state index in [1.54, 1.807) is 24.3 Å². The molecule has 6 heteroatoms. The summed E-state index contributed by atoms with van der Waals surface area (Å²) in [5, 5.41) is 9.75. The average Bonchev–Trinajstić information content (AvgIpc) is 3.36. The first-order valence-corrected chi connectivity index (χ1v) is 9.19. The van der Waals surface area contributed by atoms with E-state index < -0.39 is 0 Å². The molecule has 0 atom stereocenters. The van der Waals surface area contributed by atoms with Gasteiger partial charge in [-0.1, -0.05) is 6.07 Å². The number of hydrogen-bond donors (Lipinski definition) is 4. The molecule has 0 bridgehead atoms. The van der Waals surface area contributed by atoms with Crippen LogP contribution in [0.1, 0.15) is 28.8 Å². The van der Waals surface area contributed by atoms with Gasteiger partial charge in [-0.25, -0.2) is 4.79 Å². The molecule has 0 radical (unpaired) electrons. The minimum Gasteiger partial charge on any atom is -0.361 e. The van der Waals surface area contributed by atoms with Crippen LogP contribution in [0.25, 0.3) is 10.9 Å². The number of amides is 3. The third-order valence-corrected chi connectivity index (χ3v) is 4.63. The molecule has 6 nitrogen and oxygen atoms in total. The number of carbonyl (C=O) groups excluding carboxylic acids is 2. The molecule has 3 amide bonds. The van der Waals surface area contributed by atoms with E-state index in [1.165, 1.54) is 10.9 Å². The Balaban J connectivity index is 1.24. The van der Waals surface area contributed by atoms with E-state index in [2.05, 4.69) is 33.1 Å². The molecule has 1 aliphatic rings. The second-order valence-electron chi connectivity index (χ2n) is 6.86. The van der Waals surface area contributed by atoms with Gasteiger partial charge in [-0.3, -0.25) is 4.79 Å². The van der Waals surface area contributed by atoms with Crippen molar-refractivity contribution in [1.29, 1.82) is 0 Å². The molecule has 0 saturated heterocycles. The lowest BCUT2D eigenvalue weighted by atomic mass is 10.1. The van der Waals surface area contributed by atoms with Gasteiger partial charge in [-0.15, -0.1) is 0 Å². The maximum atomic E-state index is 12.0. The van der Waals surface area contributed by atoms with Crippen LogP contribution >= 0.6 is 0 Å². The molecule has 3 aromatic rings. The van der Waals surface area contributed by atoms with Gasteiger partial charge in [0.25, 0.3) is 5.91 Å². The highest BCUT2D eigenvalue weighted by atomic mass is 16.2. The Morgan fingerprint density at radius 3 is 2.63 bits per heavy atom. The fourth-order valence-electron chi connectivity index (χ4n) is 2.96. The van der Waals surface area contributed by atoms with Crippen molar-refractivity contribution in [1.82, 2.24) is 15.6 Å². The highest BCUT2D eigenvalue weighted by Crippen LogP contribution is 2.19. The number of hydrogen-bond acceptors (Lipinski definition) is 2. The predicted molar refractivity (Wildman–Crippen MR) is 106 cm³/mol. The normalized spacial score (nSPS) is 13.3. The van der Waals surface area contributed by atoms with Crippen molar-refractivity contribution in [2.45, 2.75) is 25.3 Å². The van der Waals surface area contributed by atoms with E-state index in [4.69, 9.17) is 0 Å². The van der Waals surface area contributed by atoms with Crippen molar-refractivity contribution in [3.8, 4) is 0 Å². The lowest BCUT2D eigenvalue weighted by Crippen LogP contribution is -2.30. The SMILES string of the molecule is O=C(NCCc1ccc2[nH]ccc2c1)Nc1ccc(C(=O)NC2CC2)cc1. The molecule has 0 aliphatic heterocycles. The smallest absolute Gasteiger partial charge is 0.319 e. The zero-order chi connectivity index (χ0) is 18.6. The summed E-state index contributed by atoms with van der Waals surface area (Å²) >= 11 is 0. The topological polar surface area (TPSA) is 86.0 Å². The van der Waals surface area contributed by atoms with Crippen LogP contribution in [0.2, 0.25) is 0 Å². The van der Waals surface area contributed by atoms with Crippen LogP contribution in [-0.4, -0.2) is 29.5 Å². The number of urea groups is 1. The minimum absolute atomic E-state index is 0.0621. The molecule has 2 aromatic carbocycles. The summed E-state index contributed by atoms with van der Waals surface area (Å²) in [5.74, 6) is -0.0621. The second kappa shape index (κ2) is 7.53. The molecule has 0 spiro atoms. The Morgan fingerprint density at radius 1 is 1.04 bits per heavy atom. The first-order chi connectivity index (χ1) is 13.2. The lowest BCUT2D eigenvalue weighted by molar-refractivity contribution is 0.0951. The van der Waals surface area contributed by atoms with Crippen molar-refractivity contribution in [3.05, 3.63) is 65.9 Å². The molecule has 138 valence electrons. The fraction of sp³-hybridized carbons (Fsp3) is 0.238. The van der Waals surface area contributed by atoms with E-state index in [9.17, 15) is 9.59 Å². The number of nitrogens with one attached hydrogen (secondary N) is 4. The maximum Gasteiger partial charge on any atom is 0.319 e. The zero-order valence-electron chi connectivity index (χ0n) is 14.9. The van der Waals surface area contributed by atoms with Crippen molar-refractivity contribution >= 4 is 28.5 Å². The quantitative estimate of drug-likeness (QED) is 0.541. The van der Waals surface area contributed by atoms with Crippen LogP contribution in [0.5, 0.6) is 0 Å². The summed E-state index contributed by atoms with van der Waals surface area (Å²) in [6, 6.07) is 15.3. The highest BCUT2D eigenvalue weighted by Gasteiger charge is 2.23. The third-order valence-electron chi connectivity index (χ3n) is 4.63. The van der Waals surface area contributed by atoms with Crippen LogP contribution < -0.4 is 16.0 Å². The zero-order valence-corrected chi connectivity index (χ0v) is 14.9. The number of benzene rings is 2. The van der Waals surface area contributed by atoms with Gasteiger partial charge in [-0.05, 0) is 72.7 Å².